The molecule has 0 spiro atoms. The maximum Gasteiger partial charge on any atom is 0.151 e. The highest BCUT2D eigenvalue weighted by Gasteiger charge is 2.39. The quantitative estimate of drug-likeness (QED) is 0.606. The first-order valence-electron chi connectivity index (χ1n) is 4.68. The molecule has 0 aromatic carbocycles. The zero-order valence-corrected chi connectivity index (χ0v) is 7.46. The first-order valence-corrected chi connectivity index (χ1v) is 4.68. The minimum absolute atomic E-state index is 0.277. The predicted molar refractivity (Wildman–Crippen MR) is 51.9 cm³/mol. The third-order valence-electron chi connectivity index (χ3n) is 3.00. The van der Waals surface area contributed by atoms with E-state index in [1.54, 1.807) is 0 Å². The Balaban J connectivity index is 2.06. The number of hydrogen-bond acceptors (Lipinski definition) is 4. The molecule has 4 nitrogen and oxygen atoms in total. The average molecular weight is 184 g/mol. The molecule has 14 heavy (non-hydrogen) atoms. The van der Waals surface area contributed by atoms with Crippen molar-refractivity contribution in [2.24, 2.45) is 5.10 Å². The normalized spacial score (nSPS) is 24.7. The molecule has 0 saturated carbocycles. The van der Waals surface area contributed by atoms with Crippen LogP contribution in [0.2, 0.25) is 0 Å². The van der Waals surface area contributed by atoms with Crippen LogP contribution in [-0.4, -0.2) is 21.2 Å². The van der Waals surface area contributed by atoms with Crippen LogP contribution in [0.1, 0.15) is 23.0 Å². The zero-order chi connectivity index (χ0) is 9.12. The van der Waals surface area contributed by atoms with Crippen LogP contribution in [0.25, 0.3) is 6.08 Å². The highest BCUT2D eigenvalue weighted by molar-refractivity contribution is 5.68. The van der Waals surface area contributed by atoms with Crippen molar-refractivity contribution in [1.29, 1.82) is 0 Å². The lowest BCUT2D eigenvalue weighted by atomic mass is 10.0. The molecule has 0 N–H and O–H groups in total. The molecular formula is C10H8N4. The van der Waals surface area contributed by atoms with Crippen molar-refractivity contribution in [3.05, 3.63) is 35.3 Å². The van der Waals surface area contributed by atoms with E-state index in [4.69, 9.17) is 0 Å². The lowest BCUT2D eigenvalue weighted by Gasteiger charge is -2.25. The summed E-state index contributed by atoms with van der Waals surface area (Å²) in [6.07, 6.45) is 8.12. The van der Waals surface area contributed by atoms with Gasteiger partial charge >= 0.3 is 0 Å². The van der Waals surface area contributed by atoms with Crippen LogP contribution in [0, 0.1) is 0 Å². The van der Waals surface area contributed by atoms with Crippen LogP contribution in [-0.2, 0) is 6.54 Å². The van der Waals surface area contributed by atoms with Crippen LogP contribution in [0.4, 0.5) is 0 Å². The molecule has 1 unspecified atom stereocenters. The minimum atomic E-state index is 0.277. The number of aromatic nitrogens is 1. The summed E-state index contributed by atoms with van der Waals surface area (Å²) in [5, 5.41) is 6.45. The van der Waals surface area contributed by atoms with Crippen molar-refractivity contribution in [3.8, 4) is 0 Å². The summed E-state index contributed by atoms with van der Waals surface area (Å²) in [4.78, 5) is 6.50. The summed E-state index contributed by atoms with van der Waals surface area (Å²) in [7, 11) is 0. The first kappa shape index (κ1) is 6.59. The van der Waals surface area contributed by atoms with Gasteiger partial charge in [0.15, 0.2) is 6.17 Å². The molecule has 4 heteroatoms. The Morgan fingerprint density at radius 2 is 2.43 bits per heavy atom. The van der Waals surface area contributed by atoms with Crippen LogP contribution in [0.3, 0.4) is 0 Å². The van der Waals surface area contributed by atoms with E-state index in [1.807, 2.05) is 18.7 Å². The summed E-state index contributed by atoms with van der Waals surface area (Å²) in [6, 6.07) is 2.09. The highest BCUT2D eigenvalue weighted by Crippen LogP contribution is 2.42. The van der Waals surface area contributed by atoms with Gasteiger partial charge in [0.05, 0.1) is 12.2 Å². The van der Waals surface area contributed by atoms with Gasteiger partial charge in [0, 0.05) is 18.0 Å². The lowest BCUT2D eigenvalue weighted by Crippen LogP contribution is -2.25. The van der Waals surface area contributed by atoms with E-state index in [0.717, 1.165) is 12.2 Å². The summed E-state index contributed by atoms with van der Waals surface area (Å²) >= 11 is 0. The molecule has 0 saturated heterocycles. The van der Waals surface area contributed by atoms with E-state index >= 15 is 0 Å². The molecule has 0 bridgehead atoms. The van der Waals surface area contributed by atoms with E-state index in [0.29, 0.717) is 0 Å². The standard InChI is InChI=1S/C10H8N4/c1-3-11-8-2-4-13-6-12-14-5-7(1)9(8)10(13)14/h1-4,6,10H,5H2. The average Bonchev–Trinajstić information content (AvgIpc) is 2.75. The van der Waals surface area contributed by atoms with Gasteiger partial charge in [-0.2, -0.15) is 5.10 Å². The summed E-state index contributed by atoms with van der Waals surface area (Å²) in [5.41, 5.74) is 3.77. The van der Waals surface area contributed by atoms with Crippen molar-refractivity contribution < 1.29 is 0 Å². The van der Waals surface area contributed by atoms with Crippen molar-refractivity contribution in [2.45, 2.75) is 12.7 Å². The Morgan fingerprint density at radius 3 is 3.43 bits per heavy atom. The summed E-state index contributed by atoms with van der Waals surface area (Å²) in [6.45, 7) is 0.907. The molecular weight excluding hydrogens is 176 g/mol. The van der Waals surface area contributed by atoms with Crippen LogP contribution < -0.4 is 0 Å². The van der Waals surface area contributed by atoms with Gasteiger partial charge in [0.1, 0.15) is 6.34 Å². The molecule has 1 aromatic heterocycles. The van der Waals surface area contributed by atoms with Gasteiger partial charge in [-0.3, -0.25) is 9.99 Å². The summed E-state index contributed by atoms with van der Waals surface area (Å²) in [5.74, 6) is 0. The molecule has 3 aliphatic heterocycles. The first-order chi connectivity index (χ1) is 6.93. The van der Waals surface area contributed by atoms with Crippen molar-refractivity contribution in [3.63, 3.8) is 0 Å². The molecule has 68 valence electrons. The molecule has 0 fully saturated rings. The Labute approximate surface area is 81.2 Å². The van der Waals surface area contributed by atoms with E-state index < -0.39 is 0 Å². The van der Waals surface area contributed by atoms with Gasteiger partial charge in [0.25, 0.3) is 0 Å². The molecule has 0 aliphatic carbocycles. The van der Waals surface area contributed by atoms with Crippen LogP contribution in [0.5, 0.6) is 0 Å². The number of hydrazone groups is 1. The number of rotatable bonds is 0. The van der Waals surface area contributed by atoms with E-state index in [9.17, 15) is 0 Å². The molecule has 4 heterocycles. The second kappa shape index (κ2) is 1.97. The molecule has 1 atom stereocenters. The van der Waals surface area contributed by atoms with E-state index in [2.05, 4.69) is 32.1 Å². The second-order valence-electron chi connectivity index (χ2n) is 3.73. The third-order valence-corrected chi connectivity index (χ3v) is 3.00. The van der Waals surface area contributed by atoms with Gasteiger partial charge in [-0.25, -0.2) is 0 Å². The Bertz CT molecular complexity index is 477. The molecule has 1 aromatic rings. The van der Waals surface area contributed by atoms with Crippen LogP contribution in [0.15, 0.2) is 23.6 Å². The predicted octanol–water partition coefficient (Wildman–Crippen LogP) is 1.14. The minimum Gasteiger partial charge on any atom is -0.311 e. The fraction of sp³-hybridized carbons (Fsp3) is 0.200. The summed E-state index contributed by atoms with van der Waals surface area (Å²) < 4.78 is 0. The van der Waals surface area contributed by atoms with E-state index in [1.165, 1.54) is 11.1 Å². The SMILES string of the molecule is C1=CN2C=NN3Cc4ccnc1c4C23. The Hall–Kier alpha value is -1.84. The topological polar surface area (TPSA) is 31.7 Å². The van der Waals surface area contributed by atoms with Gasteiger partial charge in [-0.05, 0) is 17.7 Å². The molecule has 4 rings (SSSR count). The van der Waals surface area contributed by atoms with Crippen molar-refractivity contribution >= 4 is 12.4 Å². The van der Waals surface area contributed by atoms with Crippen molar-refractivity contribution in [2.75, 3.05) is 0 Å². The van der Waals surface area contributed by atoms with Crippen molar-refractivity contribution in [1.82, 2.24) is 14.9 Å². The highest BCUT2D eigenvalue weighted by atomic mass is 15.6. The van der Waals surface area contributed by atoms with Gasteiger partial charge in [-0.15, -0.1) is 0 Å². The molecule has 3 aliphatic rings. The smallest absolute Gasteiger partial charge is 0.151 e. The van der Waals surface area contributed by atoms with Crippen LogP contribution >= 0.6 is 0 Å². The second-order valence-corrected chi connectivity index (χ2v) is 3.73. The zero-order valence-electron chi connectivity index (χ0n) is 7.46. The fourth-order valence-corrected chi connectivity index (χ4v) is 2.38. The lowest BCUT2D eigenvalue weighted by molar-refractivity contribution is 0.177. The van der Waals surface area contributed by atoms with Gasteiger partial charge < -0.3 is 4.90 Å². The fourth-order valence-electron chi connectivity index (χ4n) is 2.38. The number of hydrogen-bond donors (Lipinski definition) is 0. The maximum atomic E-state index is 4.37. The Morgan fingerprint density at radius 1 is 1.43 bits per heavy atom. The number of pyridine rings is 1. The third kappa shape index (κ3) is 0.585. The maximum absolute atomic E-state index is 4.37. The number of nitrogens with zero attached hydrogens (tertiary/aromatic N) is 4. The van der Waals surface area contributed by atoms with E-state index in [-0.39, 0.29) is 6.17 Å². The largest absolute Gasteiger partial charge is 0.311 e. The Kier molecular flexibility index (Phi) is 0.929. The van der Waals surface area contributed by atoms with Gasteiger partial charge in [-0.1, -0.05) is 0 Å². The molecule has 0 amide bonds. The van der Waals surface area contributed by atoms with Gasteiger partial charge in [0.2, 0.25) is 0 Å². The monoisotopic (exact) mass is 184 g/mol. The molecule has 0 radical (unpaired) electrons.